The highest BCUT2D eigenvalue weighted by Gasteiger charge is 2.35. The summed E-state index contributed by atoms with van der Waals surface area (Å²) in [5, 5.41) is 2.76. The summed E-state index contributed by atoms with van der Waals surface area (Å²) < 4.78 is 7.63. The lowest BCUT2D eigenvalue weighted by Crippen LogP contribution is -2.54. The van der Waals surface area contributed by atoms with Gasteiger partial charge in [-0.1, -0.05) is 12.1 Å². The van der Waals surface area contributed by atoms with Crippen LogP contribution in [0.4, 0.5) is 5.69 Å². The van der Waals surface area contributed by atoms with E-state index in [1.54, 1.807) is 6.08 Å². The lowest BCUT2D eigenvalue weighted by molar-refractivity contribution is -0.122. The molecule has 7 heteroatoms. The molecule has 2 amide bonds. The molecule has 0 unspecified atom stereocenters. The van der Waals surface area contributed by atoms with Crippen LogP contribution in [-0.4, -0.2) is 28.1 Å². The van der Waals surface area contributed by atoms with E-state index in [1.807, 2.05) is 83.1 Å². The fourth-order valence-corrected chi connectivity index (χ4v) is 4.47. The number of carbonyl (C=O) groups is 2. The Bertz CT molecular complexity index is 1340. The van der Waals surface area contributed by atoms with Crippen molar-refractivity contribution in [1.82, 2.24) is 9.88 Å². The summed E-state index contributed by atoms with van der Waals surface area (Å²) in [5.74, 6) is -0.126. The Morgan fingerprint density at radius 3 is 2.41 bits per heavy atom. The zero-order chi connectivity index (χ0) is 24.6. The third kappa shape index (κ3) is 4.15. The minimum absolute atomic E-state index is 0.0430. The average Bonchev–Trinajstić information content (AvgIpc) is 3.07. The Balaban J connectivity index is 1.74. The molecule has 4 rings (SSSR count). The number of thiocarbonyl (C=S) groups is 1. The van der Waals surface area contributed by atoms with Crippen LogP contribution in [0.5, 0.6) is 5.75 Å². The van der Waals surface area contributed by atoms with Crippen LogP contribution in [0.1, 0.15) is 35.0 Å². The number of hydrogen-bond acceptors (Lipinski definition) is 4. The Morgan fingerprint density at radius 2 is 1.74 bits per heavy atom. The van der Waals surface area contributed by atoms with Gasteiger partial charge in [-0.15, -0.1) is 0 Å². The first-order chi connectivity index (χ1) is 16.2. The van der Waals surface area contributed by atoms with Gasteiger partial charge in [-0.3, -0.25) is 19.8 Å². The van der Waals surface area contributed by atoms with E-state index in [9.17, 15) is 9.59 Å². The molecule has 0 aliphatic carbocycles. The van der Waals surface area contributed by atoms with Crippen molar-refractivity contribution < 1.29 is 14.3 Å². The van der Waals surface area contributed by atoms with Gasteiger partial charge in [0.05, 0.1) is 12.3 Å². The molecule has 174 valence electrons. The fourth-order valence-electron chi connectivity index (χ4n) is 4.20. The predicted molar refractivity (Wildman–Crippen MR) is 139 cm³/mol. The fraction of sp³-hybridized carbons (Fsp3) is 0.222. The zero-order valence-corrected chi connectivity index (χ0v) is 20.7. The number of aromatic nitrogens is 1. The molecule has 0 bridgehead atoms. The molecule has 0 saturated carbocycles. The van der Waals surface area contributed by atoms with Gasteiger partial charge in [-0.2, -0.15) is 0 Å². The second-order valence-electron chi connectivity index (χ2n) is 8.27. The number of benzene rings is 2. The third-order valence-electron chi connectivity index (χ3n) is 6.09. The Labute approximate surface area is 204 Å². The van der Waals surface area contributed by atoms with E-state index in [2.05, 4.69) is 9.88 Å². The van der Waals surface area contributed by atoms with E-state index in [1.165, 1.54) is 4.90 Å². The molecular weight excluding hydrogens is 446 g/mol. The van der Waals surface area contributed by atoms with E-state index < -0.39 is 11.8 Å². The van der Waals surface area contributed by atoms with E-state index in [-0.39, 0.29) is 10.7 Å². The first kappa shape index (κ1) is 23.4. The minimum atomic E-state index is -0.498. The van der Waals surface area contributed by atoms with E-state index in [0.29, 0.717) is 12.3 Å². The molecule has 34 heavy (non-hydrogen) atoms. The number of hydrogen-bond donors (Lipinski definition) is 1. The molecule has 1 fully saturated rings. The topological polar surface area (TPSA) is 63.6 Å². The van der Waals surface area contributed by atoms with Crippen molar-refractivity contribution >= 4 is 40.9 Å². The van der Waals surface area contributed by atoms with Crippen LogP contribution in [0.2, 0.25) is 0 Å². The molecular formula is C27H27N3O3S. The second-order valence-corrected chi connectivity index (χ2v) is 8.65. The maximum Gasteiger partial charge on any atom is 0.270 e. The van der Waals surface area contributed by atoms with Crippen LogP contribution in [0.25, 0.3) is 11.8 Å². The smallest absolute Gasteiger partial charge is 0.270 e. The van der Waals surface area contributed by atoms with Crippen molar-refractivity contribution in [2.24, 2.45) is 0 Å². The van der Waals surface area contributed by atoms with Crippen LogP contribution < -0.4 is 15.0 Å². The number of rotatable bonds is 5. The number of carbonyl (C=O) groups excluding carboxylic acids is 2. The summed E-state index contributed by atoms with van der Waals surface area (Å²) in [4.78, 5) is 27.7. The van der Waals surface area contributed by atoms with Crippen molar-refractivity contribution in [3.63, 3.8) is 0 Å². The Morgan fingerprint density at radius 1 is 1.03 bits per heavy atom. The monoisotopic (exact) mass is 473 g/mol. The summed E-state index contributed by atoms with van der Waals surface area (Å²) in [6.07, 6.45) is 1.64. The van der Waals surface area contributed by atoms with Gasteiger partial charge in [0.15, 0.2) is 5.11 Å². The Kier molecular flexibility index (Phi) is 6.39. The standard InChI is InChI=1S/C27H27N3O3S/c1-6-33-22-12-10-21(11-13-22)29-17(3)14-20(19(29)5)15-23-25(31)28-27(34)30(26(23)32)24-9-7-8-16(2)18(24)4/h7-15H,6H2,1-5H3,(H,28,31,34)/b23-15+. The molecule has 1 saturated heterocycles. The van der Waals surface area contributed by atoms with Crippen molar-refractivity contribution in [2.75, 3.05) is 11.5 Å². The highest BCUT2D eigenvalue weighted by atomic mass is 32.1. The van der Waals surface area contributed by atoms with Gasteiger partial charge in [0, 0.05) is 17.1 Å². The lowest BCUT2D eigenvalue weighted by Gasteiger charge is -2.30. The SMILES string of the molecule is CCOc1ccc(-n2c(C)cc(/C=C3\C(=O)NC(=S)N(c4cccc(C)c4C)C3=O)c2C)cc1. The van der Waals surface area contributed by atoms with Crippen molar-refractivity contribution in [2.45, 2.75) is 34.6 Å². The normalized spacial score (nSPS) is 15.1. The predicted octanol–water partition coefficient (Wildman–Crippen LogP) is 4.94. The van der Waals surface area contributed by atoms with Crippen LogP contribution in [0.3, 0.4) is 0 Å². The highest BCUT2D eigenvalue weighted by molar-refractivity contribution is 7.80. The van der Waals surface area contributed by atoms with Gasteiger partial charge in [0.25, 0.3) is 11.8 Å². The van der Waals surface area contributed by atoms with Gasteiger partial charge < -0.3 is 9.30 Å². The lowest BCUT2D eigenvalue weighted by atomic mass is 10.0. The minimum Gasteiger partial charge on any atom is -0.494 e. The van der Waals surface area contributed by atoms with Gasteiger partial charge in [-0.25, -0.2) is 0 Å². The molecule has 1 aliphatic rings. The highest BCUT2D eigenvalue weighted by Crippen LogP contribution is 2.29. The molecule has 0 spiro atoms. The van der Waals surface area contributed by atoms with E-state index in [4.69, 9.17) is 17.0 Å². The number of nitrogens with zero attached hydrogens (tertiary/aromatic N) is 2. The quantitative estimate of drug-likeness (QED) is 0.324. The number of anilines is 1. The molecule has 1 N–H and O–H groups in total. The third-order valence-corrected chi connectivity index (χ3v) is 6.38. The number of aryl methyl sites for hydroxylation is 2. The largest absolute Gasteiger partial charge is 0.494 e. The van der Waals surface area contributed by atoms with Gasteiger partial charge in [-0.05, 0) is 106 Å². The van der Waals surface area contributed by atoms with Crippen LogP contribution in [0, 0.1) is 27.7 Å². The number of amides is 2. The van der Waals surface area contributed by atoms with Crippen LogP contribution >= 0.6 is 12.2 Å². The van der Waals surface area contributed by atoms with Gasteiger partial charge in [0.1, 0.15) is 11.3 Å². The van der Waals surface area contributed by atoms with Gasteiger partial charge in [0.2, 0.25) is 0 Å². The molecule has 2 heterocycles. The van der Waals surface area contributed by atoms with Crippen molar-refractivity contribution in [3.05, 3.63) is 82.2 Å². The molecule has 2 aromatic carbocycles. The zero-order valence-electron chi connectivity index (χ0n) is 19.9. The molecule has 1 aliphatic heterocycles. The second kappa shape index (κ2) is 9.27. The van der Waals surface area contributed by atoms with E-state index >= 15 is 0 Å². The number of ether oxygens (including phenoxy) is 1. The molecule has 3 aromatic rings. The number of nitrogens with one attached hydrogen (secondary N) is 1. The van der Waals surface area contributed by atoms with Crippen LogP contribution in [0.15, 0.2) is 54.1 Å². The maximum atomic E-state index is 13.5. The summed E-state index contributed by atoms with van der Waals surface area (Å²) in [5.41, 5.74) is 6.35. The first-order valence-electron chi connectivity index (χ1n) is 11.1. The molecule has 0 radical (unpaired) electrons. The summed E-state index contributed by atoms with van der Waals surface area (Å²) in [6, 6.07) is 15.5. The average molecular weight is 474 g/mol. The van der Waals surface area contributed by atoms with Crippen molar-refractivity contribution in [3.8, 4) is 11.4 Å². The first-order valence-corrected chi connectivity index (χ1v) is 11.5. The molecule has 1 aromatic heterocycles. The van der Waals surface area contributed by atoms with Crippen LogP contribution in [-0.2, 0) is 9.59 Å². The molecule has 0 atom stereocenters. The maximum absolute atomic E-state index is 13.5. The van der Waals surface area contributed by atoms with Gasteiger partial charge >= 0.3 is 0 Å². The summed E-state index contributed by atoms with van der Waals surface area (Å²) in [6.45, 7) is 10.4. The molecule has 6 nitrogen and oxygen atoms in total. The summed E-state index contributed by atoms with van der Waals surface area (Å²) in [7, 11) is 0. The Hall–Kier alpha value is -3.71. The summed E-state index contributed by atoms with van der Waals surface area (Å²) >= 11 is 5.36. The van der Waals surface area contributed by atoms with Crippen molar-refractivity contribution in [1.29, 1.82) is 0 Å². The van der Waals surface area contributed by atoms with E-state index in [0.717, 1.165) is 39.5 Å².